The van der Waals surface area contributed by atoms with Gasteiger partial charge in [-0.3, -0.25) is 0 Å². The van der Waals surface area contributed by atoms with Crippen LogP contribution in [0.4, 0.5) is 0 Å². The molecule has 3 unspecified atom stereocenters. The summed E-state index contributed by atoms with van der Waals surface area (Å²) in [5, 5.41) is 0. The van der Waals surface area contributed by atoms with Gasteiger partial charge in [0.05, 0.1) is 0 Å². The Morgan fingerprint density at radius 3 is 0.814 bits per heavy atom. The van der Waals surface area contributed by atoms with E-state index in [4.69, 9.17) is 8.56 Å². The average molecular weight is 770 g/mol. The summed E-state index contributed by atoms with van der Waals surface area (Å²) < 4.78 is 22.0. The fraction of sp³-hybridized carbons (Fsp3) is 1.00. The van der Waals surface area contributed by atoms with Gasteiger partial charge in [-0.1, -0.05) is 0 Å². The van der Waals surface area contributed by atoms with Gasteiger partial charge in [0.15, 0.2) is 0 Å². The molecule has 0 fully saturated rings. The normalized spacial score (nSPS) is 15.5. The van der Waals surface area contributed by atoms with E-state index in [0.29, 0.717) is 0 Å². The predicted octanol–water partition coefficient (Wildman–Crippen LogP) is 7.75. The molecule has 0 aromatic carbocycles. The Kier molecular flexibility index (Phi) is 24.0. The molecule has 0 amide bonds. The molecule has 0 bridgehead atoms. The van der Waals surface area contributed by atoms with Gasteiger partial charge in [0.2, 0.25) is 0 Å². The molecule has 0 aromatic rings. The van der Waals surface area contributed by atoms with Gasteiger partial charge >= 0.3 is 294 Å². The monoisotopic (exact) mass is 769 g/mol. The number of hydrogen-bond acceptors (Lipinski definition) is 9. The Labute approximate surface area is 292 Å². The Bertz CT molecular complexity index is 587. The van der Waals surface area contributed by atoms with Crippen molar-refractivity contribution in [3.05, 3.63) is 0 Å². The predicted molar refractivity (Wildman–Crippen MR) is 200 cm³/mol. The molecule has 258 valence electrons. The first-order valence-electron chi connectivity index (χ1n) is 16.9. The first kappa shape index (κ1) is 44.7. The van der Waals surface area contributed by atoms with E-state index in [2.05, 4.69) is 119 Å². The molecule has 0 aliphatic carbocycles. The zero-order valence-electron chi connectivity index (χ0n) is 31.1. The van der Waals surface area contributed by atoms with Crippen LogP contribution in [0.5, 0.6) is 0 Å². The number of rotatable bonds is 24. The van der Waals surface area contributed by atoms with Crippen molar-refractivity contribution in [3.63, 3.8) is 0 Å². The molecule has 0 spiro atoms. The molecule has 43 heavy (non-hydrogen) atoms. The van der Waals surface area contributed by atoms with Crippen LogP contribution in [0.3, 0.4) is 0 Å². The van der Waals surface area contributed by atoms with Crippen molar-refractivity contribution in [2.45, 2.75) is 136 Å². The van der Waals surface area contributed by atoms with E-state index >= 15 is 0 Å². The minimum atomic E-state index is -3.45. The Morgan fingerprint density at radius 1 is 0.442 bits per heavy atom. The summed E-state index contributed by atoms with van der Waals surface area (Å²) in [5.41, 5.74) is 0. The zero-order valence-corrected chi connectivity index (χ0v) is 36.8. The van der Waals surface area contributed by atoms with Crippen molar-refractivity contribution >= 4 is 58.0 Å². The van der Waals surface area contributed by atoms with Crippen LogP contribution in [0.1, 0.15) is 104 Å². The molecule has 3 atom stereocenters. The summed E-state index contributed by atoms with van der Waals surface area (Å²) in [6.07, 6.45) is 0.288. The zero-order chi connectivity index (χ0) is 33.3. The number of likely N-dealkylation sites (N-methyl/N-ethyl adjacent to an activating group) is 3. The van der Waals surface area contributed by atoms with Gasteiger partial charge in [-0.25, -0.2) is 0 Å². The van der Waals surface area contributed by atoms with Crippen molar-refractivity contribution in [1.82, 2.24) is 14.7 Å². The average Bonchev–Trinajstić information content (AvgIpc) is 2.91. The second-order valence-electron chi connectivity index (χ2n) is 14.3. The fourth-order valence-electron chi connectivity index (χ4n) is 4.31. The molecular formula is C33H72InN3O3S3. The molecule has 6 nitrogen and oxygen atoms in total. The van der Waals surface area contributed by atoms with Crippen molar-refractivity contribution in [1.29, 1.82) is 0 Å². The number of thioether (sulfide) groups is 3. The molecule has 0 radical (unpaired) electrons. The van der Waals surface area contributed by atoms with Crippen molar-refractivity contribution in [2.75, 3.05) is 76.2 Å². The molecule has 0 saturated carbocycles. The topological polar surface area (TPSA) is 37.4 Å². The van der Waals surface area contributed by atoms with E-state index < -0.39 is 22.7 Å². The van der Waals surface area contributed by atoms with Crippen LogP contribution in [0, 0.1) is 0 Å². The van der Waals surface area contributed by atoms with Gasteiger partial charge in [-0.2, -0.15) is 0 Å². The second kappa shape index (κ2) is 23.1. The van der Waals surface area contributed by atoms with Gasteiger partial charge in [-0.15, -0.1) is 0 Å². The maximum atomic E-state index is 7.15. The second-order valence-corrected chi connectivity index (χ2v) is 23.8. The summed E-state index contributed by atoms with van der Waals surface area (Å²) in [7, 11) is 0. The summed E-state index contributed by atoms with van der Waals surface area (Å²) in [4.78, 5) is 7.47. The fourth-order valence-corrected chi connectivity index (χ4v) is 12.9. The summed E-state index contributed by atoms with van der Waals surface area (Å²) in [5.74, 6) is 2.86. The van der Waals surface area contributed by atoms with Gasteiger partial charge in [0.25, 0.3) is 0 Å². The molecule has 0 N–H and O–H groups in total. The molecule has 0 heterocycles. The van der Waals surface area contributed by atoms with Crippen molar-refractivity contribution in [3.8, 4) is 0 Å². The summed E-state index contributed by atoms with van der Waals surface area (Å²) in [6.45, 7) is 43.1. The molecule has 0 aliphatic heterocycles. The summed E-state index contributed by atoms with van der Waals surface area (Å²) in [6, 6.07) is 0. The van der Waals surface area contributed by atoms with E-state index in [-0.39, 0.29) is 32.6 Å². The third-order valence-corrected chi connectivity index (χ3v) is 16.5. The third kappa shape index (κ3) is 24.5. The first-order chi connectivity index (χ1) is 19.9. The van der Waals surface area contributed by atoms with E-state index in [1.807, 2.05) is 35.3 Å². The van der Waals surface area contributed by atoms with E-state index in [0.717, 1.165) is 76.2 Å². The van der Waals surface area contributed by atoms with Crippen molar-refractivity contribution in [2.24, 2.45) is 0 Å². The number of hydrogen-bond donors (Lipinski definition) is 0. The van der Waals surface area contributed by atoms with Gasteiger partial charge < -0.3 is 0 Å². The van der Waals surface area contributed by atoms with Crippen LogP contribution >= 0.6 is 35.3 Å². The number of nitrogens with zero attached hydrogens (tertiary/aromatic N) is 3. The van der Waals surface area contributed by atoms with Crippen LogP contribution < -0.4 is 0 Å². The third-order valence-electron chi connectivity index (χ3n) is 7.09. The SMILES string of the molecule is CCN(CC)CC(CSC(C)(C)C)[O][In]([O]C(CSC(C)(C)C)CN(CC)CC)[O]C(CSC(C)(C)C)CN(CC)CC. The van der Waals surface area contributed by atoms with E-state index in [1.54, 1.807) is 0 Å². The Hall–Kier alpha value is 1.68. The van der Waals surface area contributed by atoms with Gasteiger partial charge in [-0.05, 0) is 0 Å². The van der Waals surface area contributed by atoms with Crippen molar-refractivity contribution < 1.29 is 8.56 Å². The van der Waals surface area contributed by atoms with E-state index in [1.165, 1.54) is 0 Å². The molecule has 0 aromatic heterocycles. The first-order valence-corrected chi connectivity index (χ1v) is 23.9. The van der Waals surface area contributed by atoms with Crippen LogP contribution in [-0.2, 0) is 8.56 Å². The molecular weight excluding hydrogens is 697 g/mol. The molecule has 10 heteroatoms. The van der Waals surface area contributed by atoms with Gasteiger partial charge in [0.1, 0.15) is 0 Å². The van der Waals surface area contributed by atoms with Gasteiger partial charge in [0, 0.05) is 0 Å². The maximum absolute atomic E-state index is 7.15. The van der Waals surface area contributed by atoms with Crippen LogP contribution in [0.2, 0.25) is 0 Å². The summed E-state index contributed by atoms with van der Waals surface area (Å²) >= 11 is 2.53. The van der Waals surface area contributed by atoms with Crippen LogP contribution in [0.15, 0.2) is 0 Å². The Balaban J connectivity index is 6.41. The van der Waals surface area contributed by atoms with Crippen LogP contribution in [0.25, 0.3) is 0 Å². The Morgan fingerprint density at radius 2 is 0.651 bits per heavy atom. The minimum absolute atomic E-state index is 0.0960. The molecule has 0 rings (SSSR count). The van der Waals surface area contributed by atoms with Crippen LogP contribution in [-0.4, -0.2) is 146 Å². The van der Waals surface area contributed by atoms with E-state index in [9.17, 15) is 0 Å². The quantitative estimate of drug-likeness (QED) is 0.0981. The molecule has 0 saturated heterocycles. The standard InChI is InChI=1S/3C11H24NOS.In/c3*1-6-12(7-2)8-10(13)9-14-11(3,4)5;/h3*10H,6-9H2,1-5H3;/q3*-1;+3. The molecule has 0 aliphatic rings.